The Bertz CT molecular complexity index is 312. The topological polar surface area (TPSA) is 24.5 Å². The van der Waals surface area contributed by atoms with Gasteiger partial charge in [0.15, 0.2) is 0 Å². The molecule has 0 fully saturated rings. The maximum Gasteiger partial charge on any atom is 0.122 e. The van der Waals surface area contributed by atoms with Gasteiger partial charge in [-0.2, -0.15) is 0 Å². The summed E-state index contributed by atoms with van der Waals surface area (Å²) < 4.78 is 5.50. The van der Waals surface area contributed by atoms with Crippen LogP contribution in [0.1, 0.15) is 12.5 Å². The number of ether oxygens (including phenoxy) is 1. The van der Waals surface area contributed by atoms with Crippen molar-refractivity contribution in [3.05, 3.63) is 23.8 Å². The summed E-state index contributed by atoms with van der Waals surface area (Å²) in [7, 11) is 4.00. The fraction of sp³-hybridized carbons (Fsp3) is 0.500. The molecule has 0 aromatic heterocycles. The molecule has 0 aliphatic heterocycles. The van der Waals surface area contributed by atoms with Crippen LogP contribution in [-0.4, -0.2) is 27.4 Å². The Labute approximate surface area is 92.0 Å². The number of benzene rings is 1. The van der Waals surface area contributed by atoms with Crippen LogP contribution in [0.2, 0.25) is 0 Å². The highest BCUT2D eigenvalue weighted by molar-refractivity contribution is 5.52. The zero-order chi connectivity index (χ0) is 11.3. The Morgan fingerprint density at radius 1 is 1.40 bits per heavy atom. The highest BCUT2D eigenvalue weighted by Crippen LogP contribution is 2.23. The largest absolute Gasteiger partial charge is 0.494 e. The van der Waals surface area contributed by atoms with Gasteiger partial charge < -0.3 is 15.0 Å². The fourth-order valence-electron chi connectivity index (χ4n) is 1.52. The summed E-state index contributed by atoms with van der Waals surface area (Å²) in [6, 6.07) is 6.25. The van der Waals surface area contributed by atoms with Crippen molar-refractivity contribution in [3.63, 3.8) is 0 Å². The Balaban J connectivity index is 2.81. The van der Waals surface area contributed by atoms with Gasteiger partial charge in [0.25, 0.3) is 0 Å². The van der Waals surface area contributed by atoms with E-state index in [1.807, 2.05) is 20.0 Å². The van der Waals surface area contributed by atoms with Gasteiger partial charge in [0.1, 0.15) is 5.75 Å². The smallest absolute Gasteiger partial charge is 0.122 e. The molecule has 0 amide bonds. The van der Waals surface area contributed by atoms with Crippen LogP contribution in [0.5, 0.6) is 5.75 Å². The first kappa shape index (κ1) is 11.9. The number of aryl methyl sites for hydroxylation is 1. The maximum atomic E-state index is 5.50. The number of hydrogen-bond acceptors (Lipinski definition) is 3. The van der Waals surface area contributed by atoms with Crippen molar-refractivity contribution in [2.24, 2.45) is 0 Å². The van der Waals surface area contributed by atoms with E-state index in [1.54, 1.807) is 0 Å². The standard InChI is InChI=1S/C12H20N2O/c1-5-15-12-7-6-11(8-10(12)2)14(4)9-13-3/h6-8,13H,5,9H2,1-4H3. The molecule has 0 saturated heterocycles. The van der Waals surface area contributed by atoms with Gasteiger partial charge in [-0.3, -0.25) is 0 Å². The molecule has 1 aromatic carbocycles. The normalized spacial score (nSPS) is 10.1. The first-order chi connectivity index (χ1) is 7.19. The molecule has 3 nitrogen and oxygen atoms in total. The Kier molecular flexibility index (Phi) is 4.43. The van der Waals surface area contributed by atoms with Gasteiger partial charge in [-0.05, 0) is 44.7 Å². The number of hydrogen-bond donors (Lipinski definition) is 1. The Morgan fingerprint density at radius 3 is 2.67 bits per heavy atom. The molecule has 84 valence electrons. The third-order valence-corrected chi connectivity index (χ3v) is 2.29. The molecule has 1 N–H and O–H groups in total. The van der Waals surface area contributed by atoms with E-state index in [2.05, 4.69) is 36.3 Å². The Morgan fingerprint density at radius 2 is 2.13 bits per heavy atom. The molecule has 0 heterocycles. The summed E-state index contributed by atoms with van der Waals surface area (Å²) in [6.45, 7) is 5.63. The minimum atomic E-state index is 0.715. The fourth-order valence-corrected chi connectivity index (χ4v) is 1.52. The third-order valence-electron chi connectivity index (χ3n) is 2.29. The highest BCUT2D eigenvalue weighted by atomic mass is 16.5. The van der Waals surface area contributed by atoms with E-state index in [0.29, 0.717) is 6.61 Å². The molecule has 0 aliphatic carbocycles. The van der Waals surface area contributed by atoms with E-state index in [9.17, 15) is 0 Å². The van der Waals surface area contributed by atoms with Crippen molar-refractivity contribution >= 4 is 5.69 Å². The zero-order valence-electron chi connectivity index (χ0n) is 10.0. The predicted octanol–water partition coefficient (Wildman–Crippen LogP) is 2.01. The number of nitrogens with zero attached hydrogens (tertiary/aromatic N) is 1. The van der Waals surface area contributed by atoms with Gasteiger partial charge in [-0.25, -0.2) is 0 Å². The second-order valence-corrected chi connectivity index (χ2v) is 3.59. The molecule has 0 saturated carbocycles. The lowest BCUT2D eigenvalue weighted by molar-refractivity contribution is 0.338. The van der Waals surface area contributed by atoms with Crippen LogP contribution < -0.4 is 15.0 Å². The molecule has 0 unspecified atom stereocenters. The molecule has 3 heteroatoms. The number of rotatable bonds is 5. The summed E-state index contributed by atoms with van der Waals surface area (Å²) in [5.74, 6) is 0.971. The van der Waals surface area contributed by atoms with Crippen molar-refractivity contribution in [3.8, 4) is 5.75 Å². The summed E-state index contributed by atoms with van der Waals surface area (Å²) in [5, 5.41) is 3.12. The van der Waals surface area contributed by atoms with E-state index < -0.39 is 0 Å². The summed E-state index contributed by atoms with van der Waals surface area (Å²) in [5.41, 5.74) is 2.38. The lowest BCUT2D eigenvalue weighted by Gasteiger charge is -2.20. The van der Waals surface area contributed by atoms with Crippen LogP contribution in [0.4, 0.5) is 5.69 Å². The third kappa shape index (κ3) is 3.13. The molecule has 15 heavy (non-hydrogen) atoms. The molecule has 0 spiro atoms. The molecule has 0 bridgehead atoms. The predicted molar refractivity (Wildman–Crippen MR) is 64.7 cm³/mol. The van der Waals surface area contributed by atoms with Crippen LogP contribution in [0, 0.1) is 6.92 Å². The molecule has 0 aliphatic rings. The first-order valence-electron chi connectivity index (χ1n) is 5.28. The van der Waals surface area contributed by atoms with Gasteiger partial charge in [-0.15, -0.1) is 0 Å². The maximum absolute atomic E-state index is 5.50. The summed E-state index contributed by atoms with van der Waals surface area (Å²) >= 11 is 0. The van der Waals surface area contributed by atoms with E-state index in [4.69, 9.17) is 4.74 Å². The van der Waals surface area contributed by atoms with Crippen LogP contribution in [0.3, 0.4) is 0 Å². The summed E-state index contributed by atoms with van der Waals surface area (Å²) in [6.07, 6.45) is 0. The monoisotopic (exact) mass is 208 g/mol. The zero-order valence-corrected chi connectivity index (χ0v) is 10.0. The van der Waals surface area contributed by atoms with Crippen LogP contribution >= 0.6 is 0 Å². The minimum Gasteiger partial charge on any atom is -0.494 e. The van der Waals surface area contributed by atoms with Crippen LogP contribution in [0.25, 0.3) is 0 Å². The Hall–Kier alpha value is -1.22. The molecule has 1 rings (SSSR count). The SMILES string of the molecule is CCOc1ccc(N(C)CNC)cc1C. The second kappa shape index (κ2) is 5.61. The molecule has 0 radical (unpaired) electrons. The van der Waals surface area contributed by atoms with E-state index >= 15 is 0 Å². The van der Waals surface area contributed by atoms with Crippen LogP contribution in [0.15, 0.2) is 18.2 Å². The molecule has 1 aromatic rings. The van der Waals surface area contributed by atoms with Crippen LogP contribution in [-0.2, 0) is 0 Å². The number of nitrogens with one attached hydrogen (secondary N) is 1. The quantitative estimate of drug-likeness (QED) is 0.749. The lowest BCUT2D eigenvalue weighted by atomic mass is 10.2. The van der Waals surface area contributed by atoms with Crippen molar-refractivity contribution in [1.29, 1.82) is 0 Å². The van der Waals surface area contributed by atoms with Crippen molar-refractivity contribution < 1.29 is 4.74 Å². The summed E-state index contributed by atoms with van der Waals surface area (Å²) in [4.78, 5) is 2.16. The van der Waals surface area contributed by atoms with Gasteiger partial charge in [-0.1, -0.05) is 0 Å². The van der Waals surface area contributed by atoms with Crippen molar-refractivity contribution in [1.82, 2.24) is 5.32 Å². The molecule has 0 atom stereocenters. The van der Waals surface area contributed by atoms with Gasteiger partial charge >= 0.3 is 0 Å². The number of anilines is 1. The van der Waals surface area contributed by atoms with Gasteiger partial charge in [0.2, 0.25) is 0 Å². The van der Waals surface area contributed by atoms with E-state index in [1.165, 1.54) is 11.3 Å². The van der Waals surface area contributed by atoms with Gasteiger partial charge in [0.05, 0.1) is 13.3 Å². The second-order valence-electron chi connectivity index (χ2n) is 3.59. The van der Waals surface area contributed by atoms with Gasteiger partial charge in [0, 0.05) is 12.7 Å². The average Bonchev–Trinajstić information content (AvgIpc) is 2.21. The lowest BCUT2D eigenvalue weighted by Crippen LogP contribution is -2.28. The first-order valence-corrected chi connectivity index (χ1v) is 5.28. The minimum absolute atomic E-state index is 0.715. The van der Waals surface area contributed by atoms with E-state index in [-0.39, 0.29) is 0 Å². The molecular weight excluding hydrogens is 188 g/mol. The van der Waals surface area contributed by atoms with Crippen molar-refractivity contribution in [2.45, 2.75) is 13.8 Å². The van der Waals surface area contributed by atoms with Crippen molar-refractivity contribution in [2.75, 3.05) is 32.3 Å². The van der Waals surface area contributed by atoms with E-state index in [0.717, 1.165) is 12.4 Å². The average molecular weight is 208 g/mol. The molecular formula is C12H20N2O. The highest BCUT2D eigenvalue weighted by Gasteiger charge is 2.03.